The van der Waals surface area contributed by atoms with E-state index < -0.39 is 8.15 Å². The summed E-state index contributed by atoms with van der Waals surface area (Å²) in [6.07, 6.45) is 5.30. The van der Waals surface area contributed by atoms with Crippen LogP contribution >= 0.6 is 8.15 Å². The molecule has 0 aromatic rings. The Morgan fingerprint density at radius 1 is 1.50 bits per heavy atom. The molecular formula is C5H6NOP. The van der Waals surface area contributed by atoms with Crippen LogP contribution in [0.5, 0.6) is 0 Å². The van der Waals surface area contributed by atoms with Crippen LogP contribution in [0, 0.1) is 5.41 Å². The highest BCUT2D eigenvalue weighted by molar-refractivity contribution is 7.71. The summed E-state index contributed by atoms with van der Waals surface area (Å²) in [5, 5.41) is 6.79. The molecule has 0 radical (unpaired) electrons. The molecule has 0 saturated heterocycles. The standard InChI is InChI=1S/C5H6NOP/c6-5-8-4-2-1-3-7-8/h1-6H. The number of rotatable bonds is 1. The molecule has 8 heavy (non-hydrogen) atoms. The molecule has 1 rings (SSSR count). The van der Waals surface area contributed by atoms with E-state index in [1.807, 2.05) is 18.0 Å². The molecule has 0 aliphatic carbocycles. The summed E-state index contributed by atoms with van der Waals surface area (Å²) in [4.78, 5) is 0. The summed E-state index contributed by atoms with van der Waals surface area (Å²) >= 11 is 0. The molecule has 1 N–H and O–H groups in total. The van der Waals surface area contributed by atoms with Crippen LogP contribution in [0.1, 0.15) is 0 Å². The van der Waals surface area contributed by atoms with Crippen molar-refractivity contribution < 1.29 is 4.52 Å². The fourth-order valence-electron chi connectivity index (χ4n) is 0.394. The van der Waals surface area contributed by atoms with E-state index in [0.29, 0.717) is 0 Å². The Bertz CT molecular complexity index is 141. The Hall–Kier alpha value is -0.620. The lowest BCUT2D eigenvalue weighted by molar-refractivity contribution is 0.548. The quantitative estimate of drug-likeness (QED) is 0.424. The predicted octanol–water partition coefficient (Wildman–Crippen LogP) is 2.05. The molecule has 0 bridgehead atoms. The van der Waals surface area contributed by atoms with Crippen LogP contribution in [0.2, 0.25) is 0 Å². The van der Waals surface area contributed by atoms with E-state index in [-0.39, 0.29) is 0 Å². The second-order valence-corrected chi connectivity index (χ2v) is 2.75. The van der Waals surface area contributed by atoms with Crippen molar-refractivity contribution >= 4 is 14.1 Å². The fourth-order valence-corrected chi connectivity index (χ4v) is 1.09. The number of hydrogen-bond acceptors (Lipinski definition) is 2. The average molecular weight is 127 g/mol. The lowest BCUT2D eigenvalue weighted by atomic mass is 10.6. The van der Waals surface area contributed by atoms with E-state index in [9.17, 15) is 0 Å². The number of allylic oxidation sites excluding steroid dienone is 2. The van der Waals surface area contributed by atoms with Crippen LogP contribution < -0.4 is 0 Å². The second kappa shape index (κ2) is 2.63. The largest absolute Gasteiger partial charge is 0.472 e. The van der Waals surface area contributed by atoms with Crippen molar-refractivity contribution in [2.24, 2.45) is 0 Å². The summed E-state index contributed by atoms with van der Waals surface area (Å²) in [6, 6.07) is 0. The molecule has 0 fully saturated rings. The van der Waals surface area contributed by atoms with Gasteiger partial charge in [-0.2, -0.15) is 0 Å². The van der Waals surface area contributed by atoms with Crippen LogP contribution in [-0.4, -0.2) is 5.96 Å². The first-order valence-electron chi connectivity index (χ1n) is 2.22. The molecule has 42 valence electrons. The van der Waals surface area contributed by atoms with E-state index >= 15 is 0 Å². The number of nitrogens with one attached hydrogen (secondary N) is 1. The minimum Gasteiger partial charge on any atom is -0.472 e. The molecule has 0 saturated carbocycles. The van der Waals surface area contributed by atoms with Gasteiger partial charge in [-0.05, 0) is 11.9 Å². The first kappa shape index (κ1) is 5.52. The zero-order valence-electron chi connectivity index (χ0n) is 4.24. The minimum atomic E-state index is -0.695. The maximum absolute atomic E-state index is 6.79. The Labute approximate surface area is 49.2 Å². The first-order chi connectivity index (χ1) is 3.93. The van der Waals surface area contributed by atoms with Crippen molar-refractivity contribution in [3.63, 3.8) is 0 Å². The molecule has 1 aliphatic heterocycles. The monoisotopic (exact) mass is 127 g/mol. The molecule has 0 aromatic carbocycles. The van der Waals surface area contributed by atoms with Crippen molar-refractivity contribution in [1.29, 1.82) is 5.41 Å². The van der Waals surface area contributed by atoms with Crippen molar-refractivity contribution in [2.75, 3.05) is 0 Å². The van der Waals surface area contributed by atoms with Gasteiger partial charge in [0.2, 0.25) is 0 Å². The Morgan fingerprint density at radius 2 is 2.38 bits per heavy atom. The van der Waals surface area contributed by atoms with Gasteiger partial charge in [0.15, 0.2) is 8.15 Å². The average Bonchev–Trinajstić information content (AvgIpc) is 1.90. The summed E-state index contributed by atoms with van der Waals surface area (Å²) in [5.74, 6) is 3.19. The summed E-state index contributed by atoms with van der Waals surface area (Å²) < 4.78 is 4.98. The first-order valence-corrected chi connectivity index (χ1v) is 3.62. The Morgan fingerprint density at radius 3 is 2.75 bits per heavy atom. The fraction of sp³-hybridized carbons (Fsp3) is 0. The van der Waals surface area contributed by atoms with Crippen LogP contribution in [0.4, 0.5) is 0 Å². The maximum Gasteiger partial charge on any atom is 0.152 e. The summed E-state index contributed by atoms with van der Waals surface area (Å²) in [7, 11) is -0.695. The Balaban J connectivity index is 2.51. The van der Waals surface area contributed by atoms with Gasteiger partial charge in [0.25, 0.3) is 0 Å². The van der Waals surface area contributed by atoms with Crippen molar-refractivity contribution in [2.45, 2.75) is 0 Å². The summed E-state index contributed by atoms with van der Waals surface area (Å²) in [5.41, 5.74) is 0. The van der Waals surface area contributed by atoms with E-state index in [1.165, 1.54) is 5.96 Å². The zero-order chi connectivity index (χ0) is 5.82. The Kier molecular flexibility index (Phi) is 1.81. The van der Waals surface area contributed by atoms with Crippen LogP contribution in [-0.2, 0) is 4.52 Å². The van der Waals surface area contributed by atoms with Gasteiger partial charge >= 0.3 is 0 Å². The van der Waals surface area contributed by atoms with Gasteiger partial charge in [-0.1, -0.05) is 6.08 Å². The highest BCUT2D eigenvalue weighted by Gasteiger charge is 1.98. The molecule has 1 atom stereocenters. The second-order valence-electron chi connectivity index (χ2n) is 1.26. The van der Waals surface area contributed by atoms with Crippen molar-refractivity contribution in [1.82, 2.24) is 0 Å². The molecule has 1 aliphatic rings. The third kappa shape index (κ3) is 1.17. The molecular weight excluding hydrogens is 121 g/mol. The highest BCUT2D eigenvalue weighted by Crippen LogP contribution is 2.36. The minimum absolute atomic E-state index is 0.695. The third-order valence-electron chi connectivity index (χ3n) is 0.732. The third-order valence-corrected chi connectivity index (χ3v) is 1.82. The summed E-state index contributed by atoms with van der Waals surface area (Å²) in [6.45, 7) is 0. The number of hydrogen-bond donors (Lipinski definition) is 1. The molecule has 1 unspecified atom stereocenters. The van der Waals surface area contributed by atoms with Gasteiger partial charge in [0.1, 0.15) is 0 Å². The van der Waals surface area contributed by atoms with Crippen molar-refractivity contribution in [3.05, 3.63) is 24.2 Å². The van der Waals surface area contributed by atoms with Gasteiger partial charge in [-0.25, -0.2) is 0 Å². The van der Waals surface area contributed by atoms with E-state index in [0.717, 1.165) is 0 Å². The smallest absolute Gasteiger partial charge is 0.152 e. The van der Waals surface area contributed by atoms with Gasteiger partial charge in [-0.3, -0.25) is 0 Å². The van der Waals surface area contributed by atoms with Crippen LogP contribution in [0.3, 0.4) is 0 Å². The van der Waals surface area contributed by atoms with E-state index in [2.05, 4.69) is 0 Å². The van der Waals surface area contributed by atoms with Crippen LogP contribution in [0.15, 0.2) is 24.2 Å². The van der Waals surface area contributed by atoms with Gasteiger partial charge < -0.3 is 9.93 Å². The molecule has 1 heterocycles. The van der Waals surface area contributed by atoms with Gasteiger partial charge in [-0.15, -0.1) is 0 Å². The van der Waals surface area contributed by atoms with Gasteiger partial charge in [0.05, 0.1) is 12.2 Å². The topological polar surface area (TPSA) is 33.1 Å². The predicted molar refractivity (Wildman–Crippen MR) is 35.1 cm³/mol. The highest BCUT2D eigenvalue weighted by atomic mass is 31.1. The van der Waals surface area contributed by atoms with Crippen molar-refractivity contribution in [3.8, 4) is 0 Å². The lowest BCUT2D eigenvalue weighted by Crippen LogP contribution is -1.75. The normalized spacial score (nSPS) is 24.8. The molecule has 2 nitrogen and oxygen atoms in total. The molecule has 3 heteroatoms. The molecule has 0 amide bonds. The molecule has 0 aromatic heterocycles. The zero-order valence-corrected chi connectivity index (χ0v) is 5.14. The van der Waals surface area contributed by atoms with Crippen LogP contribution in [0.25, 0.3) is 0 Å². The maximum atomic E-state index is 6.79. The molecule has 0 spiro atoms. The van der Waals surface area contributed by atoms with Gasteiger partial charge in [0, 0.05) is 0 Å². The lowest BCUT2D eigenvalue weighted by Gasteiger charge is -2.06. The SMILES string of the molecule is N=CP1C=CC=CO1. The van der Waals surface area contributed by atoms with E-state index in [1.54, 1.807) is 6.26 Å². The van der Waals surface area contributed by atoms with E-state index in [4.69, 9.17) is 9.93 Å².